The van der Waals surface area contributed by atoms with Gasteiger partial charge < -0.3 is 4.57 Å². The second-order valence-electron chi connectivity index (χ2n) is 3.68. The zero-order chi connectivity index (χ0) is 11.0. The van der Waals surface area contributed by atoms with Crippen LogP contribution >= 0.6 is 31.9 Å². The van der Waals surface area contributed by atoms with Crippen LogP contribution in [0.15, 0.2) is 26.0 Å². The van der Waals surface area contributed by atoms with Crippen molar-refractivity contribution in [2.24, 2.45) is 5.92 Å². The molecule has 0 unspecified atom stereocenters. The molecule has 1 aromatic heterocycles. The Labute approximate surface area is 104 Å². The summed E-state index contributed by atoms with van der Waals surface area (Å²) in [6.45, 7) is 0.182. The van der Waals surface area contributed by atoms with Crippen LogP contribution in [0.3, 0.4) is 0 Å². The number of nitrogens with zero attached hydrogens (tertiary/aromatic N) is 1. The number of ketones is 1. The molecule has 1 heterocycles. The highest BCUT2D eigenvalue weighted by molar-refractivity contribution is 9.11. The SMILES string of the molecule is O=C(Cn1cc(Br)cc(Br)c1=O)C1CC1. The monoisotopic (exact) mass is 333 g/mol. The Kier molecular flexibility index (Phi) is 3.11. The molecule has 1 saturated carbocycles. The van der Waals surface area contributed by atoms with E-state index in [1.165, 1.54) is 4.57 Å². The first kappa shape index (κ1) is 11.1. The van der Waals surface area contributed by atoms with Crippen LogP contribution in [0.1, 0.15) is 12.8 Å². The first-order valence-electron chi connectivity index (χ1n) is 4.66. The van der Waals surface area contributed by atoms with Gasteiger partial charge in [-0.05, 0) is 50.8 Å². The summed E-state index contributed by atoms with van der Waals surface area (Å²) in [7, 11) is 0. The van der Waals surface area contributed by atoms with Crippen molar-refractivity contribution >= 4 is 37.6 Å². The van der Waals surface area contributed by atoms with Crippen LogP contribution in [0, 0.1) is 5.92 Å². The van der Waals surface area contributed by atoms with Crippen molar-refractivity contribution in [3.63, 3.8) is 0 Å². The molecule has 0 aliphatic heterocycles. The number of halogens is 2. The summed E-state index contributed by atoms with van der Waals surface area (Å²) in [4.78, 5) is 23.2. The number of hydrogen-bond acceptors (Lipinski definition) is 2. The topological polar surface area (TPSA) is 39.1 Å². The average Bonchev–Trinajstić information content (AvgIpc) is 2.96. The van der Waals surface area contributed by atoms with Crippen molar-refractivity contribution in [3.05, 3.63) is 31.6 Å². The van der Waals surface area contributed by atoms with Crippen molar-refractivity contribution in [3.8, 4) is 0 Å². The summed E-state index contributed by atoms with van der Waals surface area (Å²) in [5, 5.41) is 0. The van der Waals surface area contributed by atoms with Crippen LogP contribution in [0.4, 0.5) is 0 Å². The van der Waals surface area contributed by atoms with Crippen LogP contribution in [-0.4, -0.2) is 10.4 Å². The van der Waals surface area contributed by atoms with E-state index in [2.05, 4.69) is 31.9 Å². The molecule has 0 radical (unpaired) electrons. The van der Waals surface area contributed by atoms with Crippen LogP contribution in [0.5, 0.6) is 0 Å². The lowest BCUT2D eigenvalue weighted by Gasteiger charge is -2.05. The van der Waals surface area contributed by atoms with Crippen molar-refractivity contribution in [1.82, 2.24) is 4.57 Å². The number of pyridine rings is 1. The molecule has 15 heavy (non-hydrogen) atoms. The van der Waals surface area contributed by atoms with Crippen molar-refractivity contribution < 1.29 is 4.79 Å². The van der Waals surface area contributed by atoms with Gasteiger partial charge >= 0.3 is 0 Å². The molecule has 2 rings (SSSR count). The van der Waals surface area contributed by atoms with E-state index in [-0.39, 0.29) is 23.8 Å². The molecule has 1 aliphatic rings. The molecule has 1 aromatic rings. The van der Waals surface area contributed by atoms with Crippen LogP contribution < -0.4 is 5.56 Å². The highest BCUT2D eigenvalue weighted by atomic mass is 79.9. The smallest absolute Gasteiger partial charge is 0.265 e. The Morgan fingerprint density at radius 2 is 2.13 bits per heavy atom. The van der Waals surface area contributed by atoms with Gasteiger partial charge in [0.15, 0.2) is 5.78 Å². The Balaban J connectivity index is 2.27. The average molecular weight is 335 g/mol. The summed E-state index contributed by atoms with van der Waals surface area (Å²) in [5.74, 6) is 0.344. The van der Waals surface area contributed by atoms with Gasteiger partial charge in [-0.25, -0.2) is 0 Å². The van der Waals surface area contributed by atoms with E-state index < -0.39 is 0 Å². The number of carbonyl (C=O) groups excluding carboxylic acids is 1. The highest BCUT2D eigenvalue weighted by Gasteiger charge is 2.29. The van der Waals surface area contributed by atoms with Gasteiger partial charge in [-0.1, -0.05) is 0 Å². The van der Waals surface area contributed by atoms with Gasteiger partial charge in [0.25, 0.3) is 5.56 Å². The molecule has 0 saturated heterocycles. The van der Waals surface area contributed by atoms with Crippen LogP contribution in [-0.2, 0) is 11.3 Å². The van der Waals surface area contributed by atoms with Gasteiger partial charge in [-0.3, -0.25) is 9.59 Å². The second-order valence-corrected chi connectivity index (χ2v) is 5.45. The summed E-state index contributed by atoms with van der Waals surface area (Å²) in [5.41, 5.74) is -0.160. The van der Waals surface area contributed by atoms with E-state index >= 15 is 0 Å². The molecule has 1 fully saturated rings. The van der Waals surface area contributed by atoms with Gasteiger partial charge in [0.2, 0.25) is 0 Å². The fraction of sp³-hybridized carbons (Fsp3) is 0.400. The van der Waals surface area contributed by atoms with Gasteiger partial charge in [-0.2, -0.15) is 0 Å². The first-order chi connectivity index (χ1) is 7.08. The quantitative estimate of drug-likeness (QED) is 0.851. The van der Waals surface area contributed by atoms with Crippen LogP contribution in [0.2, 0.25) is 0 Å². The molecule has 0 atom stereocenters. The summed E-state index contributed by atoms with van der Waals surface area (Å²) in [6, 6.07) is 1.68. The van der Waals surface area contributed by atoms with E-state index in [4.69, 9.17) is 0 Å². The van der Waals surface area contributed by atoms with Crippen molar-refractivity contribution in [2.75, 3.05) is 0 Å². The lowest BCUT2D eigenvalue weighted by atomic mass is 10.2. The molecule has 5 heteroatoms. The summed E-state index contributed by atoms with van der Waals surface area (Å²) >= 11 is 6.45. The largest absolute Gasteiger partial charge is 0.306 e. The zero-order valence-electron chi connectivity index (χ0n) is 7.87. The Hall–Kier alpha value is -0.420. The van der Waals surface area contributed by atoms with Gasteiger partial charge in [0.05, 0.1) is 11.0 Å². The third-order valence-corrected chi connectivity index (χ3v) is 3.37. The Morgan fingerprint density at radius 1 is 1.47 bits per heavy atom. The third-order valence-electron chi connectivity index (χ3n) is 2.37. The molecular formula is C10H9Br2NO2. The Bertz CT molecular complexity index is 463. The number of rotatable bonds is 3. The van der Waals surface area contributed by atoms with Crippen molar-refractivity contribution in [2.45, 2.75) is 19.4 Å². The fourth-order valence-corrected chi connectivity index (χ4v) is 2.64. The van der Waals surface area contributed by atoms with Crippen LogP contribution in [0.25, 0.3) is 0 Å². The summed E-state index contributed by atoms with van der Waals surface area (Å²) < 4.78 is 2.70. The maximum absolute atomic E-state index is 11.6. The lowest BCUT2D eigenvalue weighted by Crippen LogP contribution is -2.24. The fourth-order valence-electron chi connectivity index (χ4n) is 1.38. The first-order valence-corrected chi connectivity index (χ1v) is 6.24. The molecule has 1 aliphatic carbocycles. The van der Waals surface area contributed by atoms with Crippen molar-refractivity contribution in [1.29, 1.82) is 0 Å². The predicted octanol–water partition coefficient (Wildman–Crippen LogP) is 2.35. The van der Waals surface area contributed by atoms with E-state index in [0.717, 1.165) is 17.3 Å². The molecule has 0 bridgehead atoms. The number of hydrogen-bond donors (Lipinski definition) is 0. The Morgan fingerprint density at radius 3 is 2.73 bits per heavy atom. The maximum Gasteiger partial charge on any atom is 0.265 e. The van der Waals surface area contributed by atoms with Gasteiger partial charge in [0, 0.05) is 16.6 Å². The number of Topliss-reactive ketones (excluding diaryl/α,β-unsaturated/α-hetero) is 1. The lowest BCUT2D eigenvalue weighted by molar-refractivity contribution is -0.120. The molecule has 3 nitrogen and oxygen atoms in total. The zero-order valence-corrected chi connectivity index (χ0v) is 11.0. The van der Waals surface area contributed by atoms with E-state index in [9.17, 15) is 9.59 Å². The minimum absolute atomic E-state index is 0.155. The van der Waals surface area contributed by atoms with E-state index in [1.807, 2.05) is 0 Å². The van der Waals surface area contributed by atoms with Gasteiger partial charge in [-0.15, -0.1) is 0 Å². The third kappa shape index (κ3) is 2.58. The molecular weight excluding hydrogens is 326 g/mol. The standard InChI is InChI=1S/C10H9Br2NO2/c11-7-3-8(12)10(15)13(4-7)5-9(14)6-1-2-6/h3-4,6H,1-2,5H2. The maximum atomic E-state index is 11.6. The molecule has 0 aromatic carbocycles. The van der Waals surface area contributed by atoms with E-state index in [1.54, 1.807) is 12.3 Å². The molecule has 0 N–H and O–H groups in total. The van der Waals surface area contributed by atoms with Gasteiger partial charge in [0.1, 0.15) is 0 Å². The predicted molar refractivity (Wildman–Crippen MR) is 63.8 cm³/mol. The molecule has 0 amide bonds. The minimum Gasteiger partial charge on any atom is -0.306 e. The number of carbonyl (C=O) groups is 1. The second kappa shape index (κ2) is 4.22. The normalized spacial score (nSPS) is 15.3. The molecule has 80 valence electrons. The number of aromatic nitrogens is 1. The van der Waals surface area contributed by atoms with E-state index in [0.29, 0.717) is 4.47 Å². The minimum atomic E-state index is -0.160. The molecule has 0 spiro atoms. The highest BCUT2D eigenvalue weighted by Crippen LogP contribution is 2.30. The summed E-state index contributed by atoms with van der Waals surface area (Å²) in [6.07, 6.45) is 3.60.